The normalized spacial score (nSPS) is 23.3. The Morgan fingerprint density at radius 1 is 1.10 bits per heavy atom. The van der Waals surface area contributed by atoms with Crippen LogP contribution in [0.25, 0.3) is 0 Å². The van der Waals surface area contributed by atoms with E-state index in [0.717, 1.165) is 17.7 Å². The van der Waals surface area contributed by atoms with E-state index < -0.39 is 0 Å². The van der Waals surface area contributed by atoms with Gasteiger partial charge in [0.05, 0.1) is 6.04 Å². The largest absolute Gasteiger partial charge is 0.351 e. The second kappa shape index (κ2) is 8.74. The number of pyridine rings is 1. The number of carbonyl (C=O) groups excluding carboxylic acids is 2. The summed E-state index contributed by atoms with van der Waals surface area (Å²) < 4.78 is 0. The molecule has 1 saturated heterocycles. The van der Waals surface area contributed by atoms with Gasteiger partial charge in [0.1, 0.15) is 0 Å². The third-order valence-corrected chi connectivity index (χ3v) is 6.20. The highest BCUT2D eigenvalue weighted by molar-refractivity contribution is 6.05. The van der Waals surface area contributed by atoms with Crippen molar-refractivity contribution in [2.45, 2.75) is 50.7 Å². The fourth-order valence-corrected chi connectivity index (χ4v) is 4.48. The number of fused-ring (bicyclic) bond motifs is 1. The lowest BCUT2D eigenvalue weighted by Gasteiger charge is -2.24. The van der Waals surface area contributed by atoms with E-state index in [4.69, 9.17) is 0 Å². The lowest BCUT2D eigenvalue weighted by atomic mass is 9.85. The van der Waals surface area contributed by atoms with E-state index in [2.05, 4.69) is 15.6 Å². The summed E-state index contributed by atoms with van der Waals surface area (Å²) in [5.74, 6) is 0.669. The van der Waals surface area contributed by atoms with Crippen LogP contribution in [0.3, 0.4) is 0 Å². The molecule has 6 heteroatoms. The van der Waals surface area contributed by atoms with Gasteiger partial charge in [0.15, 0.2) is 0 Å². The molecule has 2 amide bonds. The van der Waals surface area contributed by atoms with Gasteiger partial charge >= 0.3 is 0 Å². The van der Waals surface area contributed by atoms with E-state index >= 15 is 0 Å². The first-order valence-electron chi connectivity index (χ1n) is 10.4. The molecule has 3 unspecified atom stereocenters. The molecule has 1 aromatic heterocycles. The van der Waals surface area contributed by atoms with Crippen molar-refractivity contribution in [3.63, 3.8) is 0 Å². The van der Waals surface area contributed by atoms with Crippen molar-refractivity contribution in [2.75, 3.05) is 11.9 Å². The van der Waals surface area contributed by atoms with Gasteiger partial charge in [0.25, 0.3) is 5.91 Å². The SMILES string of the molecule is CN(C(=O)c1ccncc1)c1ccc(CNC(=O)C2CC3CCCCC3N2)cc1. The molecule has 2 heterocycles. The summed E-state index contributed by atoms with van der Waals surface area (Å²) in [6, 6.07) is 11.6. The molecule has 0 radical (unpaired) electrons. The number of rotatable bonds is 5. The zero-order valence-electron chi connectivity index (χ0n) is 16.8. The molecule has 1 saturated carbocycles. The maximum Gasteiger partial charge on any atom is 0.258 e. The van der Waals surface area contributed by atoms with Crippen LogP contribution in [0.1, 0.15) is 48.0 Å². The highest BCUT2D eigenvalue weighted by atomic mass is 16.2. The third kappa shape index (κ3) is 4.48. The molecule has 6 nitrogen and oxygen atoms in total. The Balaban J connectivity index is 1.30. The first-order chi connectivity index (χ1) is 14.1. The van der Waals surface area contributed by atoms with Crippen molar-refractivity contribution in [1.82, 2.24) is 15.6 Å². The van der Waals surface area contributed by atoms with Crippen molar-refractivity contribution in [3.05, 3.63) is 59.9 Å². The van der Waals surface area contributed by atoms with Crippen LogP contribution >= 0.6 is 0 Å². The number of anilines is 1. The van der Waals surface area contributed by atoms with Crippen LogP contribution in [0, 0.1) is 5.92 Å². The minimum atomic E-state index is -0.0813. The van der Waals surface area contributed by atoms with E-state index in [0.29, 0.717) is 24.1 Å². The predicted octanol–water partition coefficient (Wildman–Crippen LogP) is 2.90. The summed E-state index contributed by atoms with van der Waals surface area (Å²) in [4.78, 5) is 30.6. The van der Waals surface area contributed by atoms with E-state index in [9.17, 15) is 9.59 Å². The molecule has 2 fully saturated rings. The van der Waals surface area contributed by atoms with E-state index in [1.54, 1.807) is 36.5 Å². The van der Waals surface area contributed by atoms with Crippen LogP contribution in [0.15, 0.2) is 48.8 Å². The van der Waals surface area contributed by atoms with Crippen LogP contribution in [-0.2, 0) is 11.3 Å². The second-order valence-corrected chi connectivity index (χ2v) is 8.09. The summed E-state index contributed by atoms with van der Waals surface area (Å²) in [5, 5.41) is 6.58. The van der Waals surface area contributed by atoms with E-state index in [-0.39, 0.29) is 17.9 Å². The Morgan fingerprint density at radius 2 is 1.83 bits per heavy atom. The van der Waals surface area contributed by atoms with Crippen molar-refractivity contribution < 1.29 is 9.59 Å². The zero-order chi connectivity index (χ0) is 20.2. The zero-order valence-corrected chi connectivity index (χ0v) is 16.8. The lowest BCUT2D eigenvalue weighted by molar-refractivity contribution is -0.123. The van der Waals surface area contributed by atoms with Gasteiger partial charge in [0, 0.05) is 43.3 Å². The molecule has 29 heavy (non-hydrogen) atoms. The number of nitrogens with zero attached hydrogens (tertiary/aromatic N) is 2. The maximum absolute atomic E-state index is 12.6. The molecule has 0 spiro atoms. The standard InChI is InChI=1S/C23H28N4O2/c1-27(23(29)17-10-12-24-13-11-17)19-8-6-16(7-9-19)15-25-22(28)21-14-18-4-2-3-5-20(18)26-21/h6-13,18,20-21,26H,2-5,14-15H2,1H3,(H,25,28). The Labute approximate surface area is 171 Å². The van der Waals surface area contributed by atoms with Crippen molar-refractivity contribution in [1.29, 1.82) is 0 Å². The number of carbonyl (C=O) groups is 2. The molecular formula is C23H28N4O2. The van der Waals surface area contributed by atoms with Crippen LogP contribution < -0.4 is 15.5 Å². The summed E-state index contributed by atoms with van der Waals surface area (Å²) in [7, 11) is 1.75. The molecule has 0 bridgehead atoms. The number of hydrogen-bond acceptors (Lipinski definition) is 4. The third-order valence-electron chi connectivity index (χ3n) is 6.20. The number of amides is 2. The number of aromatic nitrogens is 1. The second-order valence-electron chi connectivity index (χ2n) is 8.09. The fraction of sp³-hybridized carbons (Fsp3) is 0.435. The number of hydrogen-bond donors (Lipinski definition) is 2. The minimum absolute atomic E-state index is 0.0634. The molecule has 4 rings (SSSR count). The molecule has 1 aromatic carbocycles. The molecule has 2 aromatic rings. The van der Waals surface area contributed by atoms with Gasteiger partial charge in [-0.15, -0.1) is 0 Å². The number of benzene rings is 1. The van der Waals surface area contributed by atoms with Gasteiger partial charge in [-0.25, -0.2) is 0 Å². The van der Waals surface area contributed by atoms with Crippen molar-refractivity contribution in [2.24, 2.45) is 5.92 Å². The molecule has 2 aliphatic rings. The van der Waals surface area contributed by atoms with Crippen LogP contribution in [0.5, 0.6) is 0 Å². The van der Waals surface area contributed by atoms with Gasteiger partial charge < -0.3 is 15.5 Å². The van der Waals surface area contributed by atoms with Crippen molar-refractivity contribution in [3.8, 4) is 0 Å². The Hall–Kier alpha value is -2.73. The smallest absolute Gasteiger partial charge is 0.258 e. The average molecular weight is 393 g/mol. The van der Waals surface area contributed by atoms with Gasteiger partial charge in [-0.3, -0.25) is 14.6 Å². The Bertz CT molecular complexity index is 839. The molecule has 2 N–H and O–H groups in total. The minimum Gasteiger partial charge on any atom is -0.351 e. The van der Waals surface area contributed by atoms with E-state index in [1.165, 1.54) is 25.7 Å². The maximum atomic E-state index is 12.6. The molecule has 152 valence electrons. The van der Waals surface area contributed by atoms with Gasteiger partial charge in [-0.2, -0.15) is 0 Å². The van der Waals surface area contributed by atoms with E-state index in [1.807, 2.05) is 24.3 Å². The topological polar surface area (TPSA) is 74.3 Å². The quantitative estimate of drug-likeness (QED) is 0.821. The lowest BCUT2D eigenvalue weighted by Crippen LogP contribution is -2.42. The summed E-state index contributed by atoms with van der Waals surface area (Å²) in [6.45, 7) is 0.495. The summed E-state index contributed by atoms with van der Waals surface area (Å²) in [6.07, 6.45) is 9.18. The van der Waals surface area contributed by atoms with Crippen LogP contribution in [0.4, 0.5) is 5.69 Å². The van der Waals surface area contributed by atoms with Gasteiger partial charge in [0.2, 0.25) is 5.91 Å². The Morgan fingerprint density at radius 3 is 2.55 bits per heavy atom. The van der Waals surface area contributed by atoms with Crippen LogP contribution in [-0.4, -0.2) is 35.9 Å². The first kappa shape index (κ1) is 19.6. The van der Waals surface area contributed by atoms with Gasteiger partial charge in [-0.1, -0.05) is 25.0 Å². The molecule has 1 aliphatic carbocycles. The Kier molecular flexibility index (Phi) is 5.90. The van der Waals surface area contributed by atoms with Crippen molar-refractivity contribution >= 4 is 17.5 Å². The highest BCUT2D eigenvalue weighted by Crippen LogP contribution is 2.33. The molecule has 3 atom stereocenters. The molecule has 1 aliphatic heterocycles. The summed E-state index contributed by atoms with van der Waals surface area (Å²) >= 11 is 0. The van der Waals surface area contributed by atoms with Crippen LogP contribution in [0.2, 0.25) is 0 Å². The number of nitrogens with one attached hydrogen (secondary N) is 2. The highest BCUT2D eigenvalue weighted by Gasteiger charge is 2.37. The van der Waals surface area contributed by atoms with Gasteiger partial charge in [-0.05, 0) is 55.0 Å². The fourth-order valence-electron chi connectivity index (χ4n) is 4.48. The molecular weight excluding hydrogens is 364 g/mol. The first-order valence-corrected chi connectivity index (χ1v) is 10.4. The summed E-state index contributed by atoms with van der Waals surface area (Å²) in [5.41, 5.74) is 2.43. The predicted molar refractivity (Wildman–Crippen MR) is 113 cm³/mol. The average Bonchev–Trinajstić information content (AvgIpc) is 3.22. The monoisotopic (exact) mass is 392 g/mol.